The summed E-state index contributed by atoms with van der Waals surface area (Å²) in [7, 11) is 0. The van der Waals surface area contributed by atoms with E-state index in [2.05, 4.69) is 12.1 Å². The number of carbonyl (C=O) groups excluding carboxylic acids is 1. The van der Waals surface area contributed by atoms with Crippen molar-refractivity contribution < 1.29 is 4.79 Å². The quantitative estimate of drug-likeness (QED) is 0.480. The molecule has 0 atom stereocenters. The predicted molar refractivity (Wildman–Crippen MR) is 50.3 cm³/mol. The van der Waals surface area contributed by atoms with E-state index in [-0.39, 0.29) is 11.9 Å². The summed E-state index contributed by atoms with van der Waals surface area (Å²) in [6.07, 6.45) is 3.82. The van der Waals surface area contributed by atoms with E-state index < -0.39 is 0 Å². The molecule has 0 spiro atoms. The maximum absolute atomic E-state index is 11.3. The van der Waals surface area contributed by atoms with Crippen LogP contribution in [0.2, 0.25) is 0 Å². The molecule has 0 saturated carbocycles. The van der Waals surface area contributed by atoms with Gasteiger partial charge in [0.2, 0.25) is 5.91 Å². The molecule has 4 nitrogen and oxygen atoms in total. The highest BCUT2D eigenvalue weighted by Gasteiger charge is 2.30. The van der Waals surface area contributed by atoms with Gasteiger partial charge in [-0.25, -0.2) is 0 Å². The maximum atomic E-state index is 11.3. The lowest BCUT2D eigenvalue weighted by atomic mass is 10.1. The van der Waals surface area contributed by atoms with Gasteiger partial charge in [-0.05, 0) is 6.42 Å². The number of unbranched alkanes of at least 4 members (excludes halogenated alkanes) is 2. The van der Waals surface area contributed by atoms with Crippen molar-refractivity contribution in [1.29, 1.82) is 0 Å². The minimum absolute atomic E-state index is 0.143. The van der Waals surface area contributed by atoms with E-state index in [4.69, 9.17) is 0 Å². The molecule has 13 heavy (non-hydrogen) atoms. The highest BCUT2D eigenvalue weighted by atomic mass is 16.3. The SMILES string of the molecule is CCCCCC(=O)N1CC(N=O)C1. The normalized spacial score (nSPS) is 16.8. The zero-order valence-electron chi connectivity index (χ0n) is 8.03. The molecule has 4 heteroatoms. The van der Waals surface area contributed by atoms with Crippen molar-refractivity contribution in [3.05, 3.63) is 4.91 Å². The molecule has 0 aromatic carbocycles. The molecule has 0 aromatic heterocycles. The monoisotopic (exact) mass is 184 g/mol. The molecule has 1 saturated heterocycles. The van der Waals surface area contributed by atoms with Crippen molar-refractivity contribution in [3.63, 3.8) is 0 Å². The number of nitroso groups, excluding NO2 is 1. The van der Waals surface area contributed by atoms with Gasteiger partial charge in [-0.1, -0.05) is 24.9 Å². The molecule has 1 rings (SSSR count). The van der Waals surface area contributed by atoms with Crippen LogP contribution in [0.15, 0.2) is 5.18 Å². The summed E-state index contributed by atoms with van der Waals surface area (Å²) in [5, 5.41) is 2.88. The highest BCUT2D eigenvalue weighted by Crippen LogP contribution is 2.13. The number of carbonyl (C=O) groups is 1. The van der Waals surface area contributed by atoms with Crippen molar-refractivity contribution in [1.82, 2.24) is 4.90 Å². The van der Waals surface area contributed by atoms with Crippen molar-refractivity contribution in [3.8, 4) is 0 Å². The Bertz CT molecular complexity index is 188. The lowest BCUT2D eigenvalue weighted by Gasteiger charge is -2.34. The van der Waals surface area contributed by atoms with Crippen LogP contribution in [0.1, 0.15) is 32.6 Å². The van der Waals surface area contributed by atoms with Gasteiger partial charge >= 0.3 is 0 Å². The molecule has 0 radical (unpaired) electrons. The van der Waals surface area contributed by atoms with Gasteiger partial charge in [-0.15, -0.1) is 0 Å². The third-order valence-electron chi connectivity index (χ3n) is 2.36. The van der Waals surface area contributed by atoms with Crippen molar-refractivity contribution >= 4 is 5.91 Å². The Kier molecular flexibility index (Phi) is 3.86. The summed E-state index contributed by atoms with van der Waals surface area (Å²) in [4.78, 5) is 23.1. The van der Waals surface area contributed by atoms with Gasteiger partial charge in [0.25, 0.3) is 0 Å². The van der Waals surface area contributed by atoms with Crippen molar-refractivity contribution in [2.75, 3.05) is 13.1 Å². The van der Waals surface area contributed by atoms with Crippen LogP contribution in [-0.2, 0) is 4.79 Å². The molecular formula is C9H16N2O2. The van der Waals surface area contributed by atoms with Gasteiger partial charge in [0.05, 0.1) is 0 Å². The maximum Gasteiger partial charge on any atom is 0.222 e. The average molecular weight is 184 g/mol. The molecule has 1 amide bonds. The van der Waals surface area contributed by atoms with Crippen LogP contribution in [-0.4, -0.2) is 29.9 Å². The number of nitrogens with zero attached hydrogens (tertiary/aromatic N) is 2. The predicted octanol–water partition coefficient (Wildman–Crippen LogP) is 1.54. The zero-order chi connectivity index (χ0) is 9.68. The molecule has 0 aliphatic carbocycles. The Balaban J connectivity index is 2.08. The summed E-state index contributed by atoms with van der Waals surface area (Å²) < 4.78 is 0. The summed E-state index contributed by atoms with van der Waals surface area (Å²) in [5.74, 6) is 0.174. The van der Waals surface area contributed by atoms with Crippen LogP contribution in [0.4, 0.5) is 0 Å². The summed E-state index contributed by atoms with van der Waals surface area (Å²) in [6, 6.07) is -0.143. The minimum atomic E-state index is -0.143. The van der Waals surface area contributed by atoms with Crippen LogP contribution in [0.5, 0.6) is 0 Å². The van der Waals surface area contributed by atoms with E-state index in [0.717, 1.165) is 19.3 Å². The van der Waals surface area contributed by atoms with Gasteiger partial charge in [0, 0.05) is 19.5 Å². The van der Waals surface area contributed by atoms with E-state index in [1.54, 1.807) is 4.90 Å². The fourth-order valence-electron chi connectivity index (χ4n) is 1.41. The van der Waals surface area contributed by atoms with Gasteiger partial charge in [0.15, 0.2) is 0 Å². The largest absolute Gasteiger partial charge is 0.338 e. The molecular weight excluding hydrogens is 168 g/mol. The summed E-state index contributed by atoms with van der Waals surface area (Å²) in [6.45, 7) is 3.18. The van der Waals surface area contributed by atoms with E-state index in [1.165, 1.54) is 0 Å². The molecule has 0 aromatic rings. The van der Waals surface area contributed by atoms with E-state index >= 15 is 0 Å². The molecule has 1 heterocycles. The smallest absolute Gasteiger partial charge is 0.222 e. The second kappa shape index (κ2) is 4.94. The van der Waals surface area contributed by atoms with Crippen LogP contribution in [0.3, 0.4) is 0 Å². The number of rotatable bonds is 5. The average Bonchev–Trinajstić information content (AvgIpc) is 2.03. The van der Waals surface area contributed by atoms with Gasteiger partial charge in [-0.3, -0.25) is 4.79 Å². The molecule has 0 unspecified atom stereocenters. The summed E-state index contributed by atoms with van der Waals surface area (Å²) >= 11 is 0. The zero-order valence-corrected chi connectivity index (χ0v) is 8.03. The first-order chi connectivity index (χ1) is 6.27. The van der Waals surface area contributed by atoms with Crippen LogP contribution >= 0.6 is 0 Å². The highest BCUT2D eigenvalue weighted by molar-refractivity contribution is 5.77. The van der Waals surface area contributed by atoms with Crippen LogP contribution in [0, 0.1) is 4.91 Å². The lowest BCUT2D eigenvalue weighted by Crippen LogP contribution is -2.52. The number of amides is 1. The first-order valence-electron chi connectivity index (χ1n) is 4.88. The van der Waals surface area contributed by atoms with Gasteiger partial charge < -0.3 is 4.90 Å². The molecule has 1 aliphatic heterocycles. The van der Waals surface area contributed by atoms with Crippen molar-refractivity contribution in [2.24, 2.45) is 5.18 Å². The van der Waals surface area contributed by atoms with Crippen LogP contribution < -0.4 is 0 Å². The number of hydrogen-bond acceptors (Lipinski definition) is 3. The minimum Gasteiger partial charge on any atom is -0.338 e. The third kappa shape index (κ3) is 2.79. The molecule has 0 N–H and O–H groups in total. The molecule has 1 fully saturated rings. The molecule has 74 valence electrons. The Morgan fingerprint density at radius 1 is 1.46 bits per heavy atom. The Morgan fingerprint density at radius 2 is 2.15 bits per heavy atom. The van der Waals surface area contributed by atoms with Gasteiger partial charge in [-0.2, -0.15) is 4.91 Å². The Hall–Kier alpha value is -0.930. The van der Waals surface area contributed by atoms with E-state index in [1.807, 2.05) is 0 Å². The summed E-state index contributed by atoms with van der Waals surface area (Å²) in [5.41, 5.74) is 0. The van der Waals surface area contributed by atoms with Crippen LogP contribution in [0.25, 0.3) is 0 Å². The first kappa shape index (κ1) is 10.2. The fraction of sp³-hybridized carbons (Fsp3) is 0.889. The third-order valence-corrected chi connectivity index (χ3v) is 2.36. The topological polar surface area (TPSA) is 49.7 Å². The first-order valence-corrected chi connectivity index (χ1v) is 4.88. The Labute approximate surface area is 78.3 Å². The van der Waals surface area contributed by atoms with E-state index in [9.17, 15) is 9.70 Å². The fourth-order valence-corrected chi connectivity index (χ4v) is 1.41. The number of hydrogen-bond donors (Lipinski definition) is 0. The molecule has 1 aliphatic rings. The van der Waals surface area contributed by atoms with Gasteiger partial charge in [0.1, 0.15) is 6.04 Å². The van der Waals surface area contributed by atoms with E-state index in [0.29, 0.717) is 19.5 Å². The lowest BCUT2D eigenvalue weighted by molar-refractivity contribution is -0.135. The second-order valence-corrected chi connectivity index (χ2v) is 3.52. The van der Waals surface area contributed by atoms with Crippen molar-refractivity contribution in [2.45, 2.75) is 38.6 Å². The number of likely N-dealkylation sites (tertiary alicyclic amines) is 1. The standard InChI is InChI=1S/C9H16N2O2/c1-2-3-4-5-9(12)11-6-8(7-11)10-13/h8H,2-7H2,1H3. The second-order valence-electron chi connectivity index (χ2n) is 3.52. The Morgan fingerprint density at radius 3 is 2.69 bits per heavy atom. The molecule has 0 bridgehead atoms.